The Morgan fingerprint density at radius 1 is 1.75 bits per heavy atom. The van der Waals surface area contributed by atoms with Gasteiger partial charge in [-0.2, -0.15) is 0 Å². The van der Waals surface area contributed by atoms with Crippen LogP contribution in [-0.2, 0) is 6.54 Å². The molecule has 0 saturated heterocycles. The second-order valence-electron chi connectivity index (χ2n) is 2.08. The number of aromatic nitrogens is 2. The molecule has 1 rings (SSSR count). The number of nitrogens with one attached hydrogen (secondary N) is 1. The third-order valence-electron chi connectivity index (χ3n) is 1.28. The minimum Gasteiger partial charge on any atom is -0.477 e. The second kappa shape index (κ2) is 3.14. The van der Waals surface area contributed by atoms with E-state index in [1.807, 2.05) is 0 Å². The molecule has 0 aliphatic carbocycles. The van der Waals surface area contributed by atoms with Gasteiger partial charge in [0.1, 0.15) is 11.4 Å². The first kappa shape index (κ1) is 8.41. The van der Waals surface area contributed by atoms with Gasteiger partial charge in [0.2, 0.25) is 0 Å². The van der Waals surface area contributed by atoms with Crippen LogP contribution in [0.5, 0.6) is 0 Å². The van der Waals surface area contributed by atoms with Crippen molar-refractivity contribution in [2.75, 3.05) is 0 Å². The number of H-pyrrole nitrogens is 1. The van der Waals surface area contributed by atoms with Crippen LogP contribution >= 0.6 is 0 Å². The van der Waals surface area contributed by atoms with E-state index in [1.165, 1.54) is 0 Å². The average Bonchev–Trinajstić information content (AvgIpc) is 2.03. The maximum Gasteiger partial charge on any atom is 0.342 e. The molecule has 0 aliphatic heterocycles. The van der Waals surface area contributed by atoms with Crippen molar-refractivity contribution in [2.24, 2.45) is 5.73 Å². The molecule has 6 heteroatoms. The number of carboxylic acid groups (broad SMARTS) is 1. The van der Waals surface area contributed by atoms with E-state index in [1.54, 1.807) is 0 Å². The molecule has 0 spiro atoms. The highest BCUT2D eigenvalue weighted by Gasteiger charge is 2.08. The number of carbonyl (C=O) groups is 1. The molecule has 4 N–H and O–H groups in total. The van der Waals surface area contributed by atoms with Gasteiger partial charge in [0.05, 0.1) is 6.54 Å². The van der Waals surface area contributed by atoms with Crippen molar-refractivity contribution in [1.29, 1.82) is 0 Å². The van der Waals surface area contributed by atoms with Crippen LogP contribution in [0, 0.1) is 0 Å². The molecule has 64 valence electrons. The van der Waals surface area contributed by atoms with Crippen molar-refractivity contribution in [1.82, 2.24) is 9.97 Å². The molecule has 0 fully saturated rings. The van der Waals surface area contributed by atoms with Crippen molar-refractivity contribution in [3.05, 3.63) is 27.9 Å². The third kappa shape index (κ3) is 1.48. The Morgan fingerprint density at radius 2 is 2.42 bits per heavy atom. The van der Waals surface area contributed by atoms with Gasteiger partial charge >= 0.3 is 5.97 Å². The second-order valence-corrected chi connectivity index (χ2v) is 2.08. The molecule has 0 radical (unpaired) electrons. The third-order valence-corrected chi connectivity index (χ3v) is 1.28. The zero-order valence-corrected chi connectivity index (χ0v) is 6.07. The smallest absolute Gasteiger partial charge is 0.342 e. The highest BCUT2D eigenvalue weighted by atomic mass is 16.4. The quantitative estimate of drug-likeness (QED) is 0.522. The normalized spacial score (nSPS) is 9.75. The molecule has 1 heterocycles. The lowest BCUT2D eigenvalue weighted by Gasteiger charge is -1.95. The molecule has 0 bridgehead atoms. The minimum absolute atomic E-state index is 0.0785. The Kier molecular flexibility index (Phi) is 2.20. The van der Waals surface area contributed by atoms with Crippen LogP contribution in [0.2, 0.25) is 0 Å². The topological polar surface area (TPSA) is 109 Å². The first-order valence-corrected chi connectivity index (χ1v) is 3.16. The minimum atomic E-state index is -1.30. The number of nitrogens with zero attached hydrogens (tertiary/aromatic N) is 1. The zero-order chi connectivity index (χ0) is 9.14. The maximum absolute atomic E-state index is 10.9. The fourth-order valence-electron chi connectivity index (χ4n) is 0.688. The summed E-state index contributed by atoms with van der Waals surface area (Å²) in [5.74, 6) is -1.03. The largest absolute Gasteiger partial charge is 0.477 e. The van der Waals surface area contributed by atoms with Gasteiger partial charge in [-0.1, -0.05) is 0 Å². The number of carboxylic acids is 1. The van der Waals surface area contributed by atoms with Gasteiger partial charge in [-0.05, 0) is 0 Å². The first-order valence-electron chi connectivity index (χ1n) is 3.16. The Hall–Kier alpha value is -1.69. The van der Waals surface area contributed by atoms with E-state index in [0.29, 0.717) is 0 Å². The Bertz CT molecular complexity index is 357. The maximum atomic E-state index is 10.9. The number of hydrogen-bond acceptors (Lipinski definition) is 4. The van der Waals surface area contributed by atoms with Gasteiger partial charge < -0.3 is 15.8 Å². The van der Waals surface area contributed by atoms with Gasteiger partial charge in [0.15, 0.2) is 0 Å². The lowest BCUT2D eigenvalue weighted by atomic mass is 10.3. The predicted molar refractivity (Wildman–Crippen MR) is 39.7 cm³/mol. The fraction of sp³-hybridized carbons (Fsp3) is 0.167. The van der Waals surface area contributed by atoms with Crippen molar-refractivity contribution in [3.63, 3.8) is 0 Å². The zero-order valence-electron chi connectivity index (χ0n) is 6.07. The number of nitrogens with two attached hydrogens (primary N) is 1. The van der Waals surface area contributed by atoms with Crippen LogP contribution in [0.4, 0.5) is 0 Å². The van der Waals surface area contributed by atoms with Crippen LogP contribution in [0.1, 0.15) is 16.2 Å². The van der Waals surface area contributed by atoms with Gasteiger partial charge in [-0.15, -0.1) is 0 Å². The van der Waals surface area contributed by atoms with E-state index < -0.39 is 11.5 Å². The summed E-state index contributed by atoms with van der Waals surface area (Å²) in [5.41, 5.74) is 4.10. The summed E-state index contributed by atoms with van der Waals surface area (Å²) >= 11 is 0. The van der Waals surface area contributed by atoms with Crippen LogP contribution in [-0.4, -0.2) is 21.0 Å². The Balaban J connectivity index is 3.21. The molecule has 1 aromatic rings. The summed E-state index contributed by atoms with van der Waals surface area (Å²) in [5, 5.41) is 8.44. The van der Waals surface area contributed by atoms with Gasteiger partial charge in [0, 0.05) is 6.20 Å². The molecular formula is C6H7N3O3. The highest BCUT2D eigenvalue weighted by molar-refractivity contribution is 5.86. The molecule has 0 saturated carbocycles. The summed E-state index contributed by atoms with van der Waals surface area (Å²) in [4.78, 5) is 27.1. The van der Waals surface area contributed by atoms with Gasteiger partial charge in [0.25, 0.3) is 5.56 Å². The number of hydrogen-bond donors (Lipinski definition) is 3. The standard InChI is InChI=1S/C6H7N3O3/c7-1-4-8-2-3(6(11)12)5(10)9-4/h2H,1,7H2,(H,11,12)(H,8,9,10). The number of aromatic amines is 1. The molecule has 6 nitrogen and oxygen atoms in total. The summed E-state index contributed by atoms with van der Waals surface area (Å²) in [6.07, 6.45) is 0.989. The van der Waals surface area contributed by atoms with E-state index in [2.05, 4.69) is 9.97 Å². The molecule has 12 heavy (non-hydrogen) atoms. The van der Waals surface area contributed by atoms with Gasteiger partial charge in [-0.3, -0.25) is 4.79 Å². The molecule has 0 atom stereocenters. The lowest BCUT2D eigenvalue weighted by Crippen LogP contribution is -2.21. The summed E-state index contributed by atoms with van der Waals surface area (Å²) in [7, 11) is 0. The SMILES string of the molecule is NCc1ncc(C(=O)O)c(=O)[nH]1. The lowest BCUT2D eigenvalue weighted by molar-refractivity contribution is 0.0694. The number of aromatic carboxylic acids is 1. The molecular weight excluding hydrogens is 162 g/mol. The monoisotopic (exact) mass is 169 g/mol. The van der Waals surface area contributed by atoms with Crippen molar-refractivity contribution >= 4 is 5.97 Å². The molecule has 0 aliphatic rings. The van der Waals surface area contributed by atoms with Gasteiger partial charge in [-0.25, -0.2) is 9.78 Å². The highest BCUT2D eigenvalue weighted by Crippen LogP contribution is 1.88. The Morgan fingerprint density at radius 3 is 2.83 bits per heavy atom. The van der Waals surface area contributed by atoms with Crippen molar-refractivity contribution in [3.8, 4) is 0 Å². The van der Waals surface area contributed by atoms with Crippen LogP contribution in [0.25, 0.3) is 0 Å². The summed E-state index contributed by atoms with van der Waals surface area (Å²) < 4.78 is 0. The van der Waals surface area contributed by atoms with E-state index in [4.69, 9.17) is 10.8 Å². The van der Waals surface area contributed by atoms with Crippen LogP contribution in [0.15, 0.2) is 11.0 Å². The first-order chi connectivity index (χ1) is 5.65. The van der Waals surface area contributed by atoms with E-state index in [-0.39, 0.29) is 17.9 Å². The van der Waals surface area contributed by atoms with Crippen molar-refractivity contribution < 1.29 is 9.90 Å². The summed E-state index contributed by atoms with van der Waals surface area (Å²) in [6.45, 7) is 0.0785. The predicted octanol–water partition coefficient (Wildman–Crippen LogP) is -1.07. The van der Waals surface area contributed by atoms with E-state index in [9.17, 15) is 9.59 Å². The number of rotatable bonds is 2. The van der Waals surface area contributed by atoms with Crippen LogP contribution in [0.3, 0.4) is 0 Å². The van der Waals surface area contributed by atoms with Crippen molar-refractivity contribution in [2.45, 2.75) is 6.54 Å². The molecule has 1 aromatic heterocycles. The average molecular weight is 169 g/mol. The van der Waals surface area contributed by atoms with Crippen LogP contribution < -0.4 is 11.3 Å². The Labute approximate surface area is 67.1 Å². The van der Waals surface area contributed by atoms with E-state index >= 15 is 0 Å². The molecule has 0 amide bonds. The fourth-order valence-corrected chi connectivity index (χ4v) is 0.688. The van der Waals surface area contributed by atoms with E-state index in [0.717, 1.165) is 6.20 Å². The molecule has 0 aromatic carbocycles. The summed E-state index contributed by atoms with van der Waals surface area (Å²) in [6, 6.07) is 0. The molecule has 0 unspecified atom stereocenters.